The van der Waals surface area contributed by atoms with Crippen LogP contribution in [-0.4, -0.2) is 43.9 Å². The summed E-state index contributed by atoms with van der Waals surface area (Å²) < 4.78 is 0. The summed E-state index contributed by atoms with van der Waals surface area (Å²) in [4.78, 5) is 26.3. The van der Waals surface area contributed by atoms with Crippen molar-refractivity contribution < 1.29 is 9.59 Å². The second-order valence-corrected chi connectivity index (χ2v) is 4.63. The molecule has 96 valence electrons. The number of amides is 2. The molecule has 1 aliphatic heterocycles. The summed E-state index contributed by atoms with van der Waals surface area (Å²) in [6.07, 6.45) is 0.227. The number of carbonyl (C=O) groups is 2. The minimum absolute atomic E-state index is 0.137. The summed E-state index contributed by atoms with van der Waals surface area (Å²) >= 11 is 0. The number of likely N-dealkylation sites (N-methyl/N-ethyl adjacent to an activating group) is 1. The summed E-state index contributed by atoms with van der Waals surface area (Å²) in [7, 11) is 5.45. The molecule has 1 N–H and O–H groups in total. The van der Waals surface area contributed by atoms with E-state index in [0.29, 0.717) is 0 Å². The number of hydrogen-bond donors (Lipinski definition) is 1. The highest BCUT2D eigenvalue weighted by atomic mass is 16.2. The number of imide groups is 1. The van der Waals surface area contributed by atoms with E-state index in [4.69, 9.17) is 0 Å². The lowest BCUT2D eigenvalue weighted by Gasteiger charge is -2.15. The fraction of sp³-hybridized carbons (Fsp3) is 0.385. The zero-order valence-corrected chi connectivity index (χ0v) is 10.8. The molecular weight excluding hydrogens is 230 g/mol. The van der Waals surface area contributed by atoms with Gasteiger partial charge in [0.05, 0.1) is 6.42 Å². The predicted molar refractivity (Wildman–Crippen MR) is 70.6 cm³/mol. The van der Waals surface area contributed by atoms with Crippen LogP contribution in [0, 0.1) is 0 Å². The first-order valence-electron chi connectivity index (χ1n) is 5.83. The smallest absolute Gasteiger partial charge is 0.251 e. The molecule has 1 aromatic rings. The lowest BCUT2D eigenvalue weighted by molar-refractivity contribution is -0.136. The maximum Gasteiger partial charge on any atom is 0.251 e. The molecule has 0 aliphatic carbocycles. The van der Waals surface area contributed by atoms with Crippen molar-refractivity contribution in [2.45, 2.75) is 12.5 Å². The molecule has 1 heterocycles. The van der Waals surface area contributed by atoms with Crippen molar-refractivity contribution in [3.05, 3.63) is 24.3 Å². The lowest BCUT2D eigenvalue weighted by Crippen LogP contribution is -2.31. The van der Waals surface area contributed by atoms with Crippen molar-refractivity contribution >= 4 is 23.2 Å². The summed E-state index contributed by atoms with van der Waals surface area (Å²) in [5, 5.41) is 3.09. The highest BCUT2D eigenvalue weighted by Crippen LogP contribution is 2.20. The zero-order chi connectivity index (χ0) is 13.3. The van der Waals surface area contributed by atoms with Crippen molar-refractivity contribution in [2.24, 2.45) is 0 Å². The Kier molecular flexibility index (Phi) is 3.23. The maximum atomic E-state index is 11.7. The van der Waals surface area contributed by atoms with Crippen LogP contribution in [0.1, 0.15) is 6.42 Å². The summed E-state index contributed by atoms with van der Waals surface area (Å²) in [6, 6.07) is 7.31. The number of nitrogens with one attached hydrogen (secondary N) is 1. The van der Waals surface area contributed by atoms with Gasteiger partial charge in [0.2, 0.25) is 5.91 Å². The Morgan fingerprint density at radius 3 is 2.28 bits per heavy atom. The Bertz CT molecular complexity index is 468. The monoisotopic (exact) mass is 247 g/mol. The summed E-state index contributed by atoms with van der Waals surface area (Å²) in [5.74, 6) is -0.306. The molecule has 0 unspecified atom stereocenters. The number of likely N-dealkylation sites (tertiary alicyclic amines) is 1. The Hall–Kier alpha value is -2.04. The highest BCUT2D eigenvalue weighted by molar-refractivity contribution is 6.06. The van der Waals surface area contributed by atoms with E-state index < -0.39 is 6.04 Å². The number of hydrogen-bond acceptors (Lipinski definition) is 4. The first kappa shape index (κ1) is 12.4. The second-order valence-electron chi connectivity index (χ2n) is 4.63. The van der Waals surface area contributed by atoms with Crippen LogP contribution in [0.15, 0.2) is 24.3 Å². The summed E-state index contributed by atoms with van der Waals surface area (Å²) in [6.45, 7) is 0. The van der Waals surface area contributed by atoms with Crippen LogP contribution in [0.4, 0.5) is 11.4 Å². The minimum atomic E-state index is -0.437. The maximum absolute atomic E-state index is 11.7. The lowest BCUT2D eigenvalue weighted by atomic mass is 10.2. The number of benzene rings is 1. The average Bonchev–Trinajstić information content (AvgIpc) is 2.58. The van der Waals surface area contributed by atoms with Gasteiger partial charge in [-0.3, -0.25) is 14.5 Å². The van der Waals surface area contributed by atoms with Crippen molar-refractivity contribution in [1.29, 1.82) is 0 Å². The van der Waals surface area contributed by atoms with E-state index in [1.54, 1.807) is 0 Å². The number of rotatable bonds is 3. The van der Waals surface area contributed by atoms with Gasteiger partial charge in [-0.05, 0) is 24.3 Å². The van der Waals surface area contributed by atoms with Crippen LogP contribution in [0.2, 0.25) is 0 Å². The summed E-state index contributed by atoms with van der Waals surface area (Å²) in [5.41, 5.74) is 1.94. The van der Waals surface area contributed by atoms with Gasteiger partial charge in [0, 0.05) is 32.5 Å². The molecule has 1 saturated heterocycles. The normalized spacial score (nSPS) is 19.3. The molecule has 18 heavy (non-hydrogen) atoms. The van der Waals surface area contributed by atoms with Crippen LogP contribution in [0.25, 0.3) is 0 Å². The van der Waals surface area contributed by atoms with Crippen molar-refractivity contribution in [1.82, 2.24) is 4.90 Å². The van der Waals surface area contributed by atoms with Gasteiger partial charge >= 0.3 is 0 Å². The van der Waals surface area contributed by atoms with Gasteiger partial charge in [-0.25, -0.2) is 0 Å². The van der Waals surface area contributed by atoms with E-state index in [1.807, 2.05) is 43.3 Å². The van der Waals surface area contributed by atoms with Crippen LogP contribution in [0.5, 0.6) is 0 Å². The Morgan fingerprint density at radius 1 is 1.22 bits per heavy atom. The third-order valence-corrected chi connectivity index (χ3v) is 3.11. The van der Waals surface area contributed by atoms with Crippen LogP contribution >= 0.6 is 0 Å². The molecule has 1 aliphatic rings. The van der Waals surface area contributed by atoms with Crippen LogP contribution < -0.4 is 10.2 Å². The van der Waals surface area contributed by atoms with Gasteiger partial charge in [-0.15, -0.1) is 0 Å². The van der Waals surface area contributed by atoms with E-state index in [-0.39, 0.29) is 18.2 Å². The van der Waals surface area contributed by atoms with E-state index in [9.17, 15) is 9.59 Å². The molecule has 1 aromatic carbocycles. The van der Waals surface area contributed by atoms with Gasteiger partial charge in [0.15, 0.2) is 0 Å². The van der Waals surface area contributed by atoms with Crippen molar-refractivity contribution in [3.63, 3.8) is 0 Å². The van der Waals surface area contributed by atoms with Crippen molar-refractivity contribution in [2.75, 3.05) is 31.4 Å². The number of nitrogens with zero attached hydrogens (tertiary/aromatic N) is 2. The molecule has 0 aromatic heterocycles. The molecule has 0 radical (unpaired) electrons. The molecule has 5 nitrogen and oxygen atoms in total. The first-order chi connectivity index (χ1) is 8.49. The van der Waals surface area contributed by atoms with Gasteiger partial charge in [-0.1, -0.05) is 0 Å². The van der Waals surface area contributed by atoms with E-state index in [1.165, 1.54) is 11.9 Å². The van der Waals surface area contributed by atoms with Crippen LogP contribution in [-0.2, 0) is 9.59 Å². The molecule has 0 bridgehead atoms. The molecule has 1 fully saturated rings. The second kappa shape index (κ2) is 4.68. The van der Waals surface area contributed by atoms with E-state index in [2.05, 4.69) is 5.32 Å². The molecular formula is C13H17N3O2. The van der Waals surface area contributed by atoms with Gasteiger partial charge < -0.3 is 10.2 Å². The number of carbonyl (C=O) groups excluding carboxylic acids is 2. The molecule has 2 rings (SSSR count). The Balaban J connectivity index is 2.06. The molecule has 5 heteroatoms. The minimum Gasteiger partial charge on any atom is -0.378 e. The largest absolute Gasteiger partial charge is 0.378 e. The SMILES string of the molecule is CN1C(=O)C[C@H](Nc2ccc(N(C)C)cc2)C1=O. The van der Waals surface area contributed by atoms with E-state index in [0.717, 1.165) is 11.4 Å². The molecule has 1 atom stereocenters. The van der Waals surface area contributed by atoms with Gasteiger partial charge in [0.25, 0.3) is 5.91 Å². The van der Waals surface area contributed by atoms with Gasteiger partial charge in [-0.2, -0.15) is 0 Å². The fourth-order valence-electron chi connectivity index (χ4n) is 1.93. The molecule has 0 saturated carbocycles. The zero-order valence-electron chi connectivity index (χ0n) is 10.8. The van der Waals surface area contributed by atoms with Crippen molar-refractivity contribution in [3.8, 4) is 0 Å². The predicted octanol–water partition coefficient (Wildman–Crippen LogP) is 0.922. The average molecular weight is 247 g/mol. The Labute approximate surface area is 106 Å². The molecule has 0 spiro atoms. The van der Waals surface area contributed by atoms with E-state index >= 15 is 0 Å². The van der Waals surface area contributed by atoms with Gasteiger partial charge in [0.1, 0.15) is 6.04 Å². The number of anilines is 2. The quantitative estimate of drug-likeness (QED) is 0.807. The third kappa shape index (κ3) is 2.30. The first-order valence-corrected chi connectivity index (χ1v) is 5.83. The third-order valence-electron chi connectivity index (χ3n) is 3.11. The highest BCUT2D eigenvalue weighted by Gasteiger charge is 2.35. The molecule has 2 amide bonds. The Morgan fingerprint density at radius 2 is 1.83 bits per heavy atom. The standard InChI is InChI=1S/C13H17N3O2/c1-15(2)10-6-4-9(5-7-10)14-11-8-12(17)16(3)13(11)18/h4-7,11,14H,8H2,1-3H3/t11-/m0/s1. The topological polar surface area (TPSA) is 52.7 Å². The van der Waals surface area contributed by atoms with Crippen LogP contribution in [0.3, 0.4) is 0 Å². The fourth-order valence-corrected chi connectivity index (χ4v) is 1.93.